The van der Waals surface area contributed by atoms with Crippen LogP contribution in [0.3, 0.4) is 0 Å². The maximum absolute atomic E-state index is 12.8. The second-order valence-electron chi connectivity index (χ2n) is 9.02. The third kappa shape index (κ3) is 2.95. The summed E-state index contributed by atoms with van der Waals surface area (Å²) < 4.78 is 27.5. The summed E-state index contributed by atoms with van der Waals surface area (Å²) in [6.45, 7) is 1.58. The molecule has 37 heavy (non-hydrogen) atoms. The van der Waals surface area contributed by atoms with E-state index in [1.807, 2.05) is 0 Å². The van der Waals surface area contributed by atoms with Gasteiger partial charge in [-0.25, -0.2) is 4.79 Å². The Morgan fingerprint density at radius 2 is 1.73 bits per heavy atom. The molecule has 190 valence electrons. The van der Waals surface area contributed by atoms with Crippen molar-refractivity contribution in [1.82, 2.24) is 0 Å². The van der Waals surface area contributed by atoms with Crippen LogP contribution < -0.4 is 15.1 Å². The van der Waals surface area contributed by atoms with Crippen molar-refractivity contribution in [2.75, 3.05) is 14.2 Å². The Labute approximate surface area is 208 Å². The van der Waals surface area contributed by atoms with Gasteiger partial charge in [0.05, 0.1) is 7.11 Å². The molecule has 11 nitrogen and oxygen atoms in total. The van der Waals surface area contributed by atoms with Crippen molar-refractivity contribution in [3.05, 3.63) is 74.5 Å². The Bertz CT molecular complexity index is 1630. The standard InChI is InChI=1S/C26H20O11/c1-9-4-10-5-14-21(20(29)18(10)25(32)35-9)37-26(24(31)22(14)34-3)23(30)13-6-11-12(7-16(13)36-26)19(28)17(33-2)8-15(11)27/h4-8,22-24,29-31H,1-3H3. The number of aryl methyl sites for hydroxylation is 1. The smallest absolute Gasteiger partial charge is 0.347 e. The molecule has 2 aliphatic heterocycles. The lowest BCUT2D eigenvalue weighted by molar-refractivity contribution is -0.263. The number of carbonyl (C=O) groups is 2. The highest BCUT2D eigenvalue weighted by Gasteiger charge is 2.62. The molecule has 0 saturated carbocycles. The van der Waals surface area contributed by atoms with Gasteiger partial charge in [-0.15, -0.1) is 0 Å². The molecule has 3 N–H and O–H groups in total. The van der Waals surface area contributed by atoms with Crippen LogP contribution in [0, 0.1) is 6.92 Å². The second-order valence-corrected chi connectivity index (χ2v) is 9.02. The maximum Gasteiger partial charge on any atom is 0.347 e. The Hall–Kier alpha value is -4.19. The topological polar surface area (TPSA) is 162 Å². The molecule has 4 unspecified atom stereocenters. The minimum Gasteiger partial charge on any atom is -0.504 e. The fourth-order valence-corrected chi connectivity index (χ4v) is 5.22. The minimum absolute atomic E-state index is 0.0110. The van der Waals surface area contributed by atoms with Crippen LogP contribution in [0.1, 0.15) is 49.8 Å². The zero-order chi connectivity index (χ0) is 26.4. The Morgan fingerprint density at radius 1 is 0.973 bits per heavy atom. The first kappa shape index (κ1) is 23.2. The number of phenols is 1. The Morgan fingerprint density at radius 3 is 2.43 bits per heavy atom. The number of allylic oxidation sites excluding steroid dienone is 2. The van der Waals surface area contributed by atoms with Crippen molar-refractivity contribution in [2.45, 2.75) is 31.0 Å². The molecule has 1 spiro atoms. The van der Waals surface area contributed by atoms with Crippen molar-refractivity contribution < 1.29 is 48.3 Å². The Kier molecular flexibility index (Phi) is 4.80. The molecule has 2 aromatic carbocycles. The van der Waals surface area contributed by atoms with Gasteiger partial charge in [-0.05, 0) is 36.6 Å². The van der Waals surface area contributed by atoms with E-state index in [2.05, 4.69) is 0 Å². The molecule has 3 aliphatic rings. The summed E-state index contributed by atoms with van der Waals surface area (Å²) in [4.78, 5) is 37.9. The fraction of sp³-hybridized carbons (Fsp3) is 0.269. The van der Waals surface area contributed by atoms with E-state index in [-0.39, 0.29) is 44.9 Å². The number of ether oxygens (including phenoxy) is 4. The van der Waals surface area contributed by atoms with Gasteiger partial charge in [-0.3, -0.25) is 9.59 Å². The first-order valence-electron chi connectivity index (χ1n) is 11.2. The molecule has 1 aromatic heterocycles. The van der Waals surface area contributed by atoms with Crippen molar-refractivity contribution in [3.63, 3.8) is 0 Å². The van der Waals surface area contributed by atoms with E-state index < -0.39 is 47.0 Å². The third-order valence-electron chi connectivity index (χ3n) is 6.96. The lowest BCUT2D eigenvalue weighted by atomic mass is 9.86. The van der Waals surface area contributed by atoms with Crippen LogP contribution in [-0.4, -0.2) is 53.0 Å². The number of carbonyl (C=O) groups excluding carboxylic acids is 2. The highest BCUT2D eigenvalue weighted by atomic mass is 16.7. The van der Waals surface area contributed by atoms with Gasteiger partial charge in [-0.1, -0.05) is 0 Å². The van der Waals surface area contributed by atoms with Gasteiger partial charge >= 0.3 is 11.4 Å². The first-order valence-corrected chi connectivity index (χ1v) is 11.2. The highest BCUT2D eigenvalue weighted by Crippen LogP contribution is 2.56. The number of Topliss-reactive ketones (excluding diaryl/α,β-unsaturated/α-hetero) is 1. The van der Waals surface area contributed by atoms with Gasteiger partial charge in [0.15, 0.2) is 35.2 Å². The number of aliphatic hydroxyl groups excluding tert-OH is 2. The van der Waals surface area contributed by atoms with Crippen molar-refractivity contribution in [2.24, 2.45) is 0 Å². The number of hydrogen-bond donors (Lipinski definition) is 3. The quantitative estimate of drug-likeness (QED) is 0.464. The summed E-state index contributed by atoms with van der Waals surface area (Å²) in [6.07, 6.45) is -3.46. The van der Waals surface area contributed by atoms with Crippen LogP contribution in [0.4, 0.5) is 0 Å². The molecule has 3 aromatic rings. The average molecular weight is 508 g/mol. The zero-order valence-corrected chi connectivity index (χ0v) is 19.7. The average Bonchev–Trinajstić information content (AvgIpc) is 3.13. The minimum atomic E-state index is -2.25. The van der Waals surface area contributed by atoms with Crippen molar-refractivity contribution in [3.8, 4) is 17.2 Å². The molecule has 0 radical (unpaired) electrons. The van der Waals surface area contributed by atoms with E-state index in [1.54, 1.807) is 6.92 Å². The number of rotatable bonds is 2. The van der Waals surface area contributed by atoms with E-state index in [9.17, 15) is 29.7 Å². The number of phenolic OH excluding ortho intramolecular Hbond substituents is 1. The van der Waals surface area contributed by atoms with Crippen LogP contribution in [0.5, 0.6) is 17.2 Å². The van der Waals surface area contributed by atoms with Crippen LogP contribution in [-0.2, 0) is 9.47 Å². The molecule has 11 heteroatoms. The number of benzene rings is 2. The molecule has 0 saturated heterocycles. The molecule has 0 fully saturated rings. The van der Waals surface area contributed by atoms with E-state index in [1.165, 1.54) is 38.5 Å². The molecule has 3 heterocycles. The summed E-state index contributed by atoms with van der Waals surface area (Å²) in [6, 6.07) is 5.61. The normalized spacial score (nSPS) is 25.8. The van der Waals surface area contributed by atoms with Gasteiger partial charge in [0.25, 0.3) is 0 Å². The predicted octanol–water partition coefficient (Wildman–Crippen LogP) is 1.98. The van der Waals surface area contributed by atoms with Crippen molar-refractivity contribution >= 4 is 22.3 Å². The molecule has 4 atom stereocenters. The summed E-state index contributed by atoms with van der Waals surface area (Å²) in [5.74, 6) is -4.04. The highest BCUT2D eigenvalue weighted by molar-refractivity contribution is 6.24. The fourth-order valence-electron chi connectivity index (χ4n) is 5.22. The number of ketones is 2. The lowest BCUT2D eigenvalue weighted by Crippen LogP contribution is -2.59. The van der Waals surface area contributed by atoms with E-state index in [0.717, 1.165) is 6.08 Å². The van der Waals surface area contributed by atoms with E-state index in [0.29, 0.717) is 11.1 Å². The summed E-state index contributed by atoms with van der Waals surface area (Å²) in [5.41, 5.74) is -0.526. The lowest BCUT2D eigenvalue weighted by Gasteiger charge is -2.43. The van der Waals surface area contributed by atoms with Gasteiger partial charge in [-0.2, -0.15) is 0 Å². The molecular weight excluding hydrogens is 488 g/mol. The molecule has 0 bridgehead atoms. The number of fused-ring (bicyclic) bond motifs is 4. The van der Waals surface area contributed by atoms with Gasteiger partial charge in [0, 0.05) is 35.4 Å². The Balaban J connectivity index is 1.52. The summed E-state index contributed by atoms with van der Waals surface area (Å²) >= 11 is 0. The number of methoxy groups -OCH3 is 2. The van der Waals surface area contributed by atoms with Gasteiger partial charge < -0.3 is 38.7 Å². The first-order chi connectivity index (χ1) is 17.6. The molecule has 1 aliphatic carbocycles. The number of aliphatic hydroxyl groups is 2. The maximum atomic E-state index is 12.8. The van der Waals surface area contributed by atoms with Crippen LogP contribution in [0.25, 0.3) is 10.8 Å². The monoisotopic (exact) mass is 508 g/mol. The molecule has 6 rings (SSSR count). The second kappa shape index (κ2) is 7.65. The van der Waals surface area contributed by atoms with Gasteiger partial charge in [0.2, 0.25) is 5.78 Å². The van der Waals surface area contributed by atoms with E-state index >= 15 is 0 Å². The largest absolute Gasteiger partial charge is 0.504 e. The van der Waals surface area contributed by atoms with Crippen LogP contribution >= 0.6 is 0 Å². The van der Waals surface area contributed by atoms with Crippen LogP contribution in [0.2, 0.25) is 0 Å². The van der Waals surface area contributed by atoms with Gasteiger partial charge in [0.1, 0.15) is 23.0 Å². The SMILES string of the molecule is COC1=CC(=O)c2cc3c(cc2C1=O)OC1(Oc2c(cc4cc(C)oc(=O)c4c2O)C(OC)C1O)C3O. The molecular formula is C26H20O11. The van der Waals surface area contributed by atoms with E-state index in [4.69, 9.17) is 23.4 Å². The number of aromatic hydroxyl groups is 1. The zero-order valence-electron chi connectivity index (χ0n) is 19.7. The van der Waals surface area contributed by atoms with Crippen molar-refractivity contribution in [1.29, 1.82) is 0 Å². The summed E-state index contributed by atoms with van der Waals surface area (Å²) in [7, 11) is 2.57. The summed E-state index contributed by atoms with van der Waals surface area (Å²) in [5, 5.41) is 33.9. The molecule has 0 amide bonds. The van der Waals surface area contributed by atoms with Crippen LogP contribution in [0.15, 0.2) is 45.3 Å². The third-order valence-corrected chi connectivity index (χ3v) is 6.96. The number of hydrogen-bond acceptors (Lipinski definition) is 11. The predicted molar refractivity (Wildman–Crippen MR) is 124 cm³/mol.